The van der Waals surface area contributed by atoms with Crippen LogP contribution in [-0.4, -0.2) is 22.2 Å². The van der Waals surface area contributed by atoms with Gasteiger partial charge in [-0.15, -0.1) is 0 Å². The van der Waals surface area contributed by atoms with Crippen molar-refractivity contribution in [3.8, 4) is 0 Å². The molecule has 14 heavy (non-hydrogen) atoms. The van der Waals surface area contributed by atoms with Crippen molar-refractivity contribution in [2.75, 3.05) is 12.3 Å². The second-order valence-electron chi connectivity index (χ2n) is 2.77. The van der Waals surface area contributed by atoms with Crippen molar-refractivity contribution in [3.63, 3.8) is 0 Å². The zero-order valence-corrected chi connectivity index (χ0v) is 8.51. The maximum absolute atomic E-state index is 11.5. The summed E-state index contributed by atoms with van der Waals surface area (Å²) in [6.45, 7) is 3.66. The van der Waals surface area contributed by atoms with Gasteiger partial charge < -0.3 is 11.1 Å². The largest absolute Gasteiger partial charge is 0.396 e. The van der Waals surface area contributed by atoms with Crippen LogP contribution in [0.4, 0.5) is 5.69 Å². The maximum atomic E-state index is 11.5. The lowest BCUT2D eigenvalue weighted by molar-refractivity contribution is 0.0949. The first-order valence-corrected chi connectivity index (χ1v) is 4.29. The summed E-state index contributed by atoms with van der Waals surface area (Å²) in [5.41, 5.74) is 6.21. The van der Waals surface area contributed by atoms with Crippen molar-refractivity contribution in [1.29, 1.82) is 0 Å². The van der Waals surface area contributed by atoms with Gasteiger partial charge in [-0.1, -0.05) is 18.2 Å². The number of nitrogens with two attached hydrogens (primary N) is 1. The smallest absolute Gasteiger partial charge is 0.271 e. The Balaban J connectivity index is 2.74. The molecule has 1 rings (SSSR count). The number of aryl methyl sites for hydroxylation is 1. The number of anilines is 1. The molecule has 1 aromatic heterocycles. The van der Waals surface area contributed by atoms with Crippen LogP contribution in [0.5, 0.6) is 0 Å². The third kappa shape index (κ3) is 2.26. The summed E-state index contributed by atoms with van der Waals surface area (Å²) in [6, 6.07) is 0. The van der Waals surface area contributed by atoms with Crippen molar-refractivity contribution < 1.29 is 4.79 Å². The van der Waals surface area contributed by atoms with Gasteiger partial charge in [-0.2, -0.15) is 5.10 Å². The number of carbonyl (C=O) groups excluding carboxylic acids is 1. The van der Waals surface area contributed by atoms with Gasteiger partial charge in [0, 0.05) is 12.1 Å². The molecule has 3 N–H and O–H groups in total. The fourth-order valence-electron chi connectivity index (χ4n) is 0.992. The molecule has 0 aromatic carbocycles. The van der Waals surface area contributed by atoms with E-state index >= 15 is 0 Å². The number of amides is 1. The highest BCUT2D eigenvalue weighted by Crippen LogP contribution is 2.08. The molecule has 1 heterocycles. The van der Waals surface area contributed by atoms with Crippen LogP contribution in [-0.2, 0) is 7.05 Å². The van der Waals surface area contributed by atoms with Crippen LogP contribution in [0.1, 0.15) is 10.5 Å². The van der Waals surface area contributed by atoms with Crippen LogP contribution in [0.2, 0.25) is 0 Å². The van der Waals surface area contributed by atoms with Gasteiger partial charge in [-0.3, -0.25) is 9.48 Å². The van der Waals surface area contributed by atoms with Crippen LogP contribution in [0.3, 0.4) is 0 Å². The predicted octanol–water partition coefficient (Wildman–Crippen LogP) is 0.485. The second-order valence-corrected chi connectivity index (χ2v) is 3.31. The molecule has 0 aliphatic heterocycles. The van der Waals surface area contributed by atoms with E-state index in [1.807, 2.05) is 0 Å². The van der Waals surface area contributed by atoms with Crippen LogP contribution in [0.25, 0.3) is 0 Å². The van der Waals surface area contributed by atoms with Crippen LogP contribution < -0.4 is 11.1 Å². The number of nitrogens with zero attached hydrogens (tertiary/aromatic N) is 2. The molecular formula is C8H11ClN4O. The van der Waals surface area contributed by atoms with Gasteiger partial charge in [-0.05, 0) is 0 Å². The van der Waals surface area contributed by atoms with E-state index in [1.54, 1.807) is 7.05 Å². The molecule has 0 saturated heterocycles. The summed E-state index contributed by atoms with van der Waals surface area (Å²) in [7, 11) is 1.64. The minimum Gasteiger partial charge on any atom is -0.396 e. The van der Waals surface area contributed by atoms with Gasteiger partial charge in [0.15, 0.2) is 0 Å². The van der Waals surface area contributed by atoms with Gasteiger partial charge in [0.2, 0.25) is 0 Å². The molecule has 0 aliphatic carbocycles. The Bertz CT molecular complexity index is 352. The maximum Gasteiger partial charge on any atom is 0.271 e. The Hall–Kier alpha value is -1.49. The topological polar surface area (TPSA) is 72.9 Å². The molecule has 1 aromatic rings. The molecule has 0 spiro atoms. The summed E-state index contributed by atoms with van der Waals surface area (Å²) in [4.78, 5) is 11.5. The van der Waals surface area contributed by atoms with Crippen LogP contribution in [0, 0.1) is 0 Å². The summed E-state index contributed by atoms with van der Waals surface area (Å²) in [5.74, 6) is -0.315. The summed E-state index contributed by atoms with van der Waals surface area (Å²) < 4.78 is 1.40. The van der Waals surface area contributed by atoms with Gasteiger partial charge in [0.25, 0.3) is 5.91 Å². The number of carbonyl (C=O) groups is 1. The highest BCUT2D eigenvalue weighted by Gasteiger charge is 2.13. The first-order valence-electron chi connectivity index (χ1n) is 3.91. The Kier molecular flexibility index (Phi) is 3.14. The molecule has 0 fully saturated rings. The molecule has 0 radical (unpaired) electrons. The van der Waals surface area contributed by atoms with E-state index in [4.69, 9.17) is 17.3 Å². The standard InChI is InChI=1S/C8H11ClN4O/c1-5(9)3-11-8(14)7-6(10)4-12-13(7)2/h4H,1,3,10H2,2H3,(H,11,14). The van der Waals surface area contributed by atoms with Gasteiger partial charge in [0.05, 0.1) is 18.4 Å². The molecule has 0 bridgehead atoms. The SMILES string of the molecule is C=C(Cl)CNC(=O)c1c(N)cnn1C. The second kappa shape index (κ2) is 4.15. The van der Waals surface area contributed by atoms with Crippen molar-refractivity contribution in [1.82, 2.24) is 15.1 Å². The Labute approximate surface area is 86.5 Å². The first kappa shape index (κ1) is 10.6. The average Bonchev–Trinajstić information content (AvgIpc) is 2.42. The monoisotopic (exact) mass is 214 g/mol. The molecule has 1 amide bonds. The summed E-state index contributed by atoms with van der Waals surface area (Å²) >= 11 is 5.50. The molecule has 0 atom stereocenters. The molecule has 0 saturated carbocycles. The number of nitrogens with one attached hydrogen (secondary N) is 1. The summed E-state index contributed by atoms with van der Waals surface area (Å²) in [6.07, 6.45) is 1.42. The Morgan fingerprint density at radius 2 is 2.50 bits per heavy atom. The number of hydrogen-bond donors (Lipinski definition) is 2. The number of nitrogen functional groups attached to an aromatic ring is 1. The highest BCUT2D eigenvalue weighted by molar-refractivity contribution is 6.29. The van der Waals surface area contributed by atoms with E-state index < -0.39 is 0 Å². The molecular weight excluding hydrogens is 204 g/mol. The minimum absolute atomic E-state index is 0.213. The van der Waals surface area contributed by atoms with E-state index in [0.29, 0.717) is 16.4 Å². The van der Waals surface area contributed by atoms with E-state index in [1.165, 1.54) is 10.9 Å². The molecule has 6 heteroatoms. The van der Waals surface area contributed by atoms with E-state index in [9.17, 15) is 4.79 Å². The third-order valence-electron chi connectivity index (χ3n) is 1.62. The van der Waals surface area contributed by atoms with Crippen molar-refractivity contribution in [3.05, 3.63) is 23.5 Å². The van der Waals surface area contributed by atoms with Gasteiger partial charge in [-0.25, -0.2) is 0 Å². The van der Waals surface area contributed by atoms with Crippen molar-refractivity contribution >= 4 is 23.2 Å². The van der Waals surface area contributed by atoms with Gasteiger partial charge >= 0.3 is 0 Å². The first-order chi connectivity index (χ1) is 6.52. The molecule has 5 nitrogen and oxygen atoms in total. The van der Waals surface area contributed by atoms with E-state index in [-0.39, 0.29) is 12.5 Å². The predicted molar refractivity (Wildman–Crippen MR) is 54.9 cm³/mol. The number of rotatable bonds is 3. The number of halogens is 1. The minimum atomic E-state index is -0.315. The molecule has 0 unspecified atom stereocenters. The fourth-order valence-corrected chi connectivity index (χ4v) is 1.06. The fraction of sp³-hybridized carbons (Fsp3) is 0.250. The van der Waals surface area contributed by atoms with E-state index in [2.05, 4.69) is 17.0 Å². The number of aromatic nitrogens is 2. The van der Waals surface area contributed by atoms with Crippen molar-refractivity contribution in [2.45, 2.75) is 0 Å². The number of hydrogen-bond acceptors (Lipinski definition) is 3. The lowest BCUT2D eigenvalue weighted by Crippen LogP contribution is -2.27. The zero-order valence-electron chi connectivity index (χ0n) is 7.75. The van der Waals surface area contributed by atoms with Crippen LogP contribution >= 0.6 is 11.6 Å². The quantitative estimate of drug-likeness (QED) is 0.769. The lowest BCUT2D eigenvalue weighted by atomic mass is 10.3. The lowest BCUT2D eigenvalue weighted by Gasteiger charge is -2.04. The Morgan fingerprint density at radius 3 is 2.93 bits per heavy atom. The highest BCUT2D eigenvalue weighted by atomic mass is 35.5. The molecule has 0 aliphatic rings. The summed E-state index contributed by atoms with van der Waals surface area (Å²) in [5, 5.41) is 6.75. The normalized spacial score (nSPS) is 9.86. The molecule has 76 valence electrons. The average molecular weight is 215 g/mol. The zero-order chi connectivity index (χ0) is 10.7. The van der Waals surface area contributed by atoms with Gasteiger partial charge in [0.1, 0.15) is 5.69 Å². The third-order valence-corrected chi connectivity index (χ3v) is 1.76. The van der Waals surface area contributed by atoms with E-state index in [0.717, 1.165) is 0 Å². The van der Waals surface area contributed by atoms with Crippen LogP contribution in [0.15, 0.2) is 17.8 Å². The van der Waals surface area contributed by atoms with Crippen molar-refractivity contribution in [2.24, 2.45) is 7.05 Å². The Morgan fingerprint density at radius 1 is 1.86 bits per heavy atom.